The minimum absolute atomic E-state index is 0.0330. The van der Waals surface area contributed by atoms with Crippen LogP contribution in [-0.2, 0) is 4.79 Å². The fourth-order valence-electron chi connectivity index (χ4n) is 2.79. The molecular weight excluding hydrogens is 286 g/mol. The van der Waals surface area contributed by atoms with Crippen molar-refractivity contribution in [3.63, 3.8) is 0 Å². The number of carboxylic acid groups (broad SMARTS) is 1. The van der Waals surface area contributed by atoms with Crippen molar-refractivity contribution in [2.75, 3.05) is 12.8 Å². The summed E-state index contributed by atoms with van der Waals surface area (Å²) in [6, 6.07) is 5.69. The zero-order valence-corrected chi connectivity index (χ0v) is 13.3. The number of carbonyl (C=O) groups excluding carboxylic acids is 1. The summed E-state index contributed by atoms with van der Waals surface area (Å²) in [5, 5.41) is 9.03. The van der Waals surface area contributed by atoms with Crippen molar-refractivity contribution < 1.29 is 14.7 Å². The van der Waals surface area contributed by atoms with Crippen molar-refractivity contribution in [2.24, 2.45) is 0 Å². The smallest absolute Gasteiger partial charge is 0.305 e. The molecule has 114 valence electrons. The third-order valence-electron chi connectivity index (χ3n) is 3.97. The molecule has 0 bridgehead atoms. The normalized spacial score (nSPS) is 18.6. The molecule has 1 aliphatic heterocycles. The number of piperidine rings is 1. The summed E-state index contributed by atoms with van der Waals surface area (Å²) < 4.78 is 0. The van der Waals surface area contributed by atoms with Crippen molar-refractivity contribution in [2.45, 2.75) is 43.5 Å². The van der Waals surface area contributed by atoms with Gasteiger partial charge in [0.25, 0.3) is 5.91 Å². The van der Waals surface area contributed by atoms with E-state index in [0.29, 0.717) is 12.1 Å². The maximum absolute atomic E-state index is 12.8. The van der Waals surface area contributed by atoms with Crippen LogP contribution in [0.25, 0.3) is 0 Å². The van der Waals surface area contributed by atoms with Crippen LogP contribution >= 0.6 is 11.8 Å². The molecule has 1 saturated heterocycles. The standard InChI is InChI=1S/C16H21NO3S/c1-11-6-7-13(21-2)10-14(11)16(20)17-8-4-3-5-12(17)9-15(18)19/h6-7,10,12H,3-5,8-9H2,1-2H3,(H,18,19). The average molecular weight is 307 g/mol. The minimum Gasteiger partial charge on any atom is -0.481 e. The molecule has 1 amide bonds. The first kappa shape index (κ1) is 15.9. The van der Waals surface area contributed by atoms with Crippen LogP contribution < -0.4 is 0 Å². The highest BCUT2D eigenvalue weighted by Gasteiger charge is 2.29. The zero-order valence-electron chi connectivity index (χ0n) is 12.5. The molecule has 0 aliphatic carbocycles. The molecular formula is C16H21NO3S. The Kier molecular flexibility index (Phi) is 5.28. The number of rotatable bonds is 4. The van der Waals surface area contributed by atoms with Crippen LogP contribution in [0.15, 0.2) is 23.1 Å². The van der Waals surface area contributed by atoms with Crippen molar-refractivity contribution in [3.8, 4) is 0 Å². The Morgan fingerprint density at radius 1 is 1.38 bits per heavy atom. The number of aryl methyl sites for hydroxylation is 1. The highest BCUT2D eigenvalue weighted by molar-refractivity contribution is 7.98. The number of thioether (sulfide) groups is 1. The number of nitrogens with zero attached hydrogens (tertiary/aromatic N) is 1. The molecule has 21 heavy (non-hydrogen) atoms. The highest BCUT2D eigenvalue weighted by Crippen LogP contribution is 2.25. The highest BCUT2D eigenvalue weighted by atomic mass is 32.2. The number of hydrogen-bond donors (Lipinski definition) is 1. The summed E-state index contributed by atoms with van der Waals surface area (Å²) in [6.45, 7) is 2.58. The van der Waals surface area contributed by atoms with Crippen LogP contribution in [0.2, 0.25) is 0 Å². The van der Waals surface area contributed by atoms with Crippen molar-refractivity contribution >= 4 is 23.6 Å². The van der Waals surface area contributed by atoms with Gasteiger partial charge in [0.1, 0.15) is 0 Å². The van der Waals surface area contributed by atoms with Gasteiger partial charge in [0, 0.05) is 23.0 Å². The van der Waals surface area contributed by atoms with Crippen LogP contribution in [-0.4, -0.2) is 40.7 Å². The van der Waals surface area contributed by atoms with E-state index in [1.54, 1.807) is 16.7 Å². The molecule has 1 heterocycles. The van der Waals surface area contributed by atoms with Gasteiger partial charge in [-0.15, -0.1) is 11.8 Å². The number of carbonyl (C=O) groups is 2. The maximum Gasteiger partial charge on any atom is 0.305 e. The number of hydrogen-bond acceptors (Lipinski definition) is 3. The minimum atomic E-state index is -0.839. The van der Waals surface area contributed by atoms with E-state index in [1.165, 1.54) is 0 Å². The Morgan fingerprint density at radius 2 is 2.14 bits per heavy atom. The van der Waals surface area contributed by atoms with E-state index < -0.39 is 5.97 Å². The molecule has 1 atom stereocenters. The SMILES string of the molecule is CSc1ccc(C)c(C(=O)N2CCCCC2CC(=O)O)c1. The predicted octanol–water partition coefficient (Wildman–Crippen LogP) is 3.19. The topological polar surface area (TPSA) is 57.6 Å². The number of likely N-dealkylation sites (tertiary alicyclic amines) is 1. The molecule has 0 saturated carbocycles. The van der Waals surface area contributed by atoms with Gasteiger partial charge in [0.15, 0.2) is 0 Å². The third-order valence-corrected chi connectivity index (χ3v) is 4.70. The van der Waals surface area contributed by atoms with E-state index >= 15 is 0 Å². The van der Waals surface area contributed by atoms with Gasteiger partial charge in [-0.25, -0.2) is 0 Å². The quantitative estimate of drug-likeness (QED) is 0.868. The molecule has 1 unspecified atom stereocenters. The second kappa shape index (κ2) is 6.98. The predicted molar refractivity (Wildman–Crippen MR) is 83.9 cm³/mol. The molecule has 0 aromatic heterocycles. The third kappa shape index (κ3) is 3.79. The molecule has 4 nitrogen and oxygen atoms in total. The molecule has 2 rings (SSSR count). The van der Waals surface area contributed by atoms with Gasteiger partial charge in [0.2, 0.25) is 0 Å². The van der Waals surface area contributed by atoms with Gasteiger partial charge in [-0.3, -0.25) is 9.59 Å². The van der Waals surface area contributed by atoms with Gasteiger partial charge >= 0.3 is 5.97 Å². The molecule has 1 aliphatic rings. The molecule has 1 N–H and O–H groups in total. The first-order chi connectivity index (χ1) is 10.0. The lowest BCUT2D eigenvalue weighted by Gasteiger charge is -2.35. The summed E-state index contributed by atoms with van der Waals surface area (Å²) in [5.41, 5.74) is 1.64. The van der Waals surface area contributed by atoms with Crippen molar-refractivity contribution in [1.29, 1.82) is 0 Å². The second-order valence-corrected chi connectivity index (χ2v) is 6.31. The summed E-state index contributed by atoms with van der Waals surface area (Å²) in [6.07, 6.45) is 4.73. The first-order valence-corrected chi connectivity index (χ1v) is 8.43. The summed E-state index contributed by atoms with van der Waals surface area (Å²) in [5.74, 6) is -0.872. The van der Waals surface area contributed by atoms with Crippen molar-refractivity contribution in [3.05, 3.63) is 29.3 Å². The summed E-state index contributed by atoms with van der Waals surface area (Å²) in [7, 11) is 0. The monoisotopic (exact) mass is 307 g/mol. The number of benzene rings is 1. The van der Waals surface area contributed by atoms with Gasteiger partial charge in [-0.2, -0.15) is 0 Å². The Hall–Kier alpha value is -1.49. The van der Waals surface area contributed by atoms with Crippen LogP contribution in [0.3, 0.4) is 0 Å². The molecule has 1 aromatic carbocycles. The van der Waals surface area contributed by atoms with Crippen LogP contribution in [0.5, 0.6) is 0 Å². The van der Waals surface area contributed by atoms with Crippen LogP contribution in [0.4, 0.5) is 0 Å². The van der Waals surface area contributed by atoms with Gasteiger partial charge in [0.05, 0.1) is 6.42 Å². The molecule has 1 fully saturated rings. The lowest BCUT2D eigenvalue weighted by atomic mass is 9.97. The van der Waals surface area contributed by atoms with Crippen LogP contribution in [0.1, 0.15) is 41.6 Å². The van der Waals surface area contributed by atoms with E-state index in [1.807, 2.05) is 31.4 Å². The molecule has 5 heteroatoms. The van der Waals surface area contributed by atoms with Gasteiger partial charge in [-0.1, -0.05) is 6.07 Å². The summed E-state index contributed by atoms with van der Waals surface area (Å²) in [4.78, 5) is 26.6. The van der Waals surface area contributed by atoms with E-state index in [0.717, 1.165) is 29.7 Å². The van der Waals surface area contributed by atoms with E-state index in [4.69, 9.17) is 5.11 Å². The Bertz CT molecular complexity index is 544. The largest absolute Gasteiger partial charge is 0.481 e. The number of carboxylic acids is 1. The fourth-order valence-corrected chi connectivity index (χ4v) is 3.23. The maximum atomic E-state index is 12.8. The first-order valence-electron chi connectivity index (χ1n) is 7.20. The fraction of sp³-hybridized carbons (Fsp3) is 0.500. The lowest BCUT2D eigenvalue weighted by Crippen LogP contribution is -2.45. The Labute approximate surface area is 129 Å². The lowest BCUT2D eigenvalue weighted by molar-refractivity contribution is -0.138. The zero-order chi connectivity index (χ0) is 15.4. The Balaban J connectivity index is 2.26. The number of aliphatic carboxylic acids is 1. The number of amides is 1. The summed E-state index contributed by atoms with van der Waals surface area (Å²) >= 11 is 1.60. The molecule has 1 aromatic rings. The Morgan fingerprint density at radius 3 is 2.81 bits per heavy atom. The van der Waals surface area contributed by atoms with E-state index in [-0.39, 0.29) is 18.4 Å². The molecule has 0 spiro atoms. The van der Waals surface area contributed by atoms with Gasteiger partial charge < -0.3 is 10.0 Å². The van der Waals surface area contributed by atoms with E-state index in [9.17, 15) is 9.59 Å². The second-order valence-electron chi connectivity index (χ2n) is 5.43. The van der Waals surface area contributed by atoms with Crippen LogP contribution in [0, 0.1) is 6.92 Å². The average Bonchev–Trinajstić information content (AvgIpc) is 2.47. The van der Waals surface area contributed by atoms with E-state index in [2.05, 4.69) is 0 Å². The van der Waals surface area contributed by atoms with Crippen molar-refractivity contribution in [1.82, 2.24) is 4.90 Å². The van der Waals surface area contributed by atoms with Gasteiger partial charge in [-0.05, 0) is 50.1 Å². The molecule has 0 radical (unpaired) electrons.